The van der Waals surface area contributed by atoms with Crippen molar-refractivity contribution in [2.24, 2.45) is 0 Å². The summed E-state index contributed by atoms with van der Waals surface area (Å²) in [6, 6.07) is 7.15. The van der Waals surface area contributed by atoms with Gasteiger partial charge >= 0.3 is 0 Å². The first-order chi connectivity index (χ1) is 11.2. The Labute approximate surface area is 135 Å². The molecule has 0 fully saturated rings. The third-order valence-electron chi connectivity index (χ3n) is 3.50. The zero-order valence-corrected chi connectivity index (χ0v) is 12.6. The Morgan fingerprint density at radius 1 is 1.00 bits per heavy atom. The second kappa shape index (κ2) is 5.36. The van der Waals surface area contributed by atoms with E-state index in [-0.39, 0.29) is 0 Å². The van der Waals surface area contributed by atoms with Gasteiger partial charge in [0.05, 0.1) is 17.4 Å². The number of hydrogen-bond acceptors (Lipinski definition) is 4. The van der Waals surface area contributed by atoms with Gasteiger partial charge in [0.1, 0.15) is 5.82 Å². The minimum Gasteiger partial charge on any atom is -0.329 e. The maximum atomic E-state index is 14.2. The number of imidazole rings is 1. The molecule has 0 saturated carbocycles. The lowest BCUT2D eigenvalue weighted by Gasteiger charge is -2.10. The lowest BCUT2D eigenvalue weighted by atomic mass is 10.0. The molecule has 5 nitrogen and oxygen atoms in total. The maximum absolute atomic E-state index is 14.2. The van der Waals surface area contributed by atoms with E-state index in [0.717, 1.165) is 5.56 Å². The molecule has 4 heterocycles. The van der Waals surface area contributed by atoms with Crippen molar-refractivity contribution in [2.75, 3.05) is 0 Å². The number of halogens is 1. The molecule has 0 bridgehead atoms. The molecule has 4 aromatic rings. The summed E-state index contributed by atoms with van der Waals surface area (Å²) < 4.78 is 14.7. The molecule has 0 saturated heterocycles. The van der Waals surface area contributed by atoms with Crippen molar-refractivity contribution >= 4 is 23.4 Å². The largest absolute Gasteiger partial charge is 0.329 e. The van der Waals surface area contributed by atoms with Gasteiger partial charge < -0.3 is 9.97 Å². The minimum atomic E-state index is -0.409. The van der Waals surface area contributed by atoms with Crippen LogP contribution in [0.1, 0.15) is 0 Å². The number of fused-ring (bicyclic) bond motifs is 1. The highest BCUT2D eigenvalue weighted by Gasteiger charge is 2.15. The first-order valence-electron chi connectivity index (χ1n) is 6.86. The molecule has 0 aliphatic heterocycles. The predicted octanol–water partition coefficient (Wildman–Crippen LogP) is 3.88. The van der Waals surface area contributed by atoms with E-state index in [0.29, 0.717) is 32.8 Å². The summed E-state index contributed by atoms with van der Waals surface area (Å²) in [5, 5.41) is 0. The minimum absolute atomic E-state index is 0.409. The molecule has 4 aromatic heterocycles. The summed E-state index contributed by atoms with van der Waals surface area (Å²) in [5.41, 5.74) is 3.83. The van der Waals surface area contributed by atoms with Crippen LogP contribution in [0.4, 0.5) is 4.39 Å². The summed E-state index contributed by atoms with van der Waals surface area (Å²) in [6.45, 7) is 0. The molecular formula is C16H10FN5S. The fourth-order valence-corrected chi connectivity index (χ4v) is 2.69. The summed E-state index contributed by atoms with van der Waals surface area (Å²) in [6.07, 6.45) is 6.11. The number of rotatable bonds is 2. The Balaban J connectivity index is 2.08. The summed E-state index contributed by atoms with van der Waals surface area (Å²) in [5.74, 6) is -0.409. The molecule has 0 aliphatic rings. The van der Waals surface area contributed by atoms with E-state index < -0.39 is 5.82 Å². The smallest absolute Gasteiger partial charge is 0.176 e. The van der Waals surface area contributed by atoms with Crippen LogP contribution in [0.2, 0.25) is 0 Å². The van der Waals surface area contributed by atoms with Crippen molar-refractivity contribution in [3.63, 3.8) is 0 Å². The van der Waals surface area contributed by atoms with Crippen molar-refractivity contribution in [1.82, 2.24) is 24.9 Å². The van der Waals surface area contributed by atoms with Gasteiger partial charge in [0.2, 0.25) is 0 Å². The molecule has 0 radical (unpaired) electrons. The number of H-pyrrole nitrogens is 2. The number of aromatic amines is 2. The highest BCUT2D eigenvalue weighted by Crippen LogP contribution is 2.33. The third kappa shape index (κ3) is 2.40. The Hall–Kier alpha value is -2.93. The van der Waals surface area contributed by atoms with Crippen LogP contribution in [0.25, 0.3) is 33.5 Å². The van der Waals surface area contributed by atoms with Crippen LogP contribution in [-0.2, 0) is 0 Å². The molecular weight excluding hydrogens is 313 g/mol. The van der Waals surface area contributed by atoms with Gasteiger partial charge in [-0.2, -0.15) is 0 Å². The second-order valence-electron chi connectivity index (χ2n) is 4.96. The zero-order chi connectivity index (χ0) is 15.8. The van der Waals surface area contributed by atoms with E-state index in [9.17, 15) is 4.39 Å². The number of aromatic nitrogens is 5. The van der Waals surface area contributed by atoms with Crippen molar-refractivity contribution in [3.05, 3.63) is 59.6 Å². The maximum Gasteiger partial charge on any atom is 0.176 e. The molecule has 0 amide bonds. The van der Waals surface area contributed by atoms with E-state index in [4.69, 9.17) is 12.2 Å². The summed E-state index contributed by atoms with van der Waals surface area (Å²) in [7, 11) is 0. The van der Waals surface area contributed by atoms with E-state index in [2.05, 4.69) is 24.9 Å². The molecule has 0 unspecified atom stereocenters. The van der Waals surface area contributed by atoms with E-state index in [1.165, 1.54) is 6.20 Å². The summed E-state index contributed by atoms with van der Waals surface area (Å²) in [4.78, 5) is 18.5. The molecule has 23 heavy (non-hydrogen) atoms. The monoisotopic (exact) mass is 323 g/mol. The second-order valence-corrected chi connectivity index (χ2v) is 5.37. The van der Waals surface area contributed by atoms with Gasteiger partial charge in [-0.15, -0.1) is 0 Å². The standard InChI is InChI=1S/C16H10FN5S/c17-12-8-19-5-3-10(12)11-6-13-15(22-16(23)20-13)21-14(11)9-2-1-4-18-7-9/h1-8H,(H2,20,21,22,23). The average Bonchev–Trinajstić information content (AvgIpc) is 2.94. The molecule has 0 spiro atoms. The highest BCUT2D eigenvalue weighted by atomic mass is 32.1. The molecule has 0 atom stereocenters. The molecule has 7 heteroatoms. The lowest BCUT2D eigenvalue weighted by molar-refractivity contribution is 0.625. The first-order valence-corrected chi connectivity index (χ1v) is 7.26. The SMILES string of the molecule is Fc1cnccc1-c1cc2[nH]c(=S)[nH]c2nc1-c1cccnc1. The fraction of sp³-hybridized carbons (Fsp3) is 0. The average molecular weight is 323 g/mol. The fourth-order valence-electron chi connectivity index (χ4n) is 2.49. The van der Waals surface area contributed by atoms with Crippen LogP contribution < -0.4 is 0 Å². The van der Waals surface area contributed by atoms with E-state index >= 15 is 0 Å². The summed E-state index contributed by atoms with van der Waals surface area (Å²) >= 11 is 5.11. The van der Waals surface area contributed by atoms with Gasteiger partial charge in [0.15, 0.2) is 10.4 Å². The Kier molecular flexibility index (Phi) is 3.20. The molecule has 0 aliphatic carbocycles. The van der Waals surface area contributed by atoms with Crippen molar-refractivity contribution in [3.8, 4) is 22.4 Å². The highest BCUT2D eigenvalue weighted by molar-refractivity contribution is 7.71. The van der Waals surface area contributed by atoms with Crippen LogP contribution in [0, 0.1) is 10.6 Å². The number of nitrogens with one attached hydrogen (secondary N) is 2. The van der Waals surface area contributed by atoms with Gasteiger partial charge in [-0.05, 0) is 36.5 Å². The Morgan fingerprint density at radius 2 is 1.87 bits per heavy atom. The molecule has 0 aromatic carbocycles. The Morgan fingerprint density at radius 3 is 2.65 bits per heavy atom. The number of nitrogens with zero attached hydrogens (tertiary/aromatic N) is 3. The predicted molar refractivity (Wildman–Crippen MR) is 87.7 cm³/mol. The van der Waals surface area contributed by atoms with Crippen LogP contribution in [0.3, 0.4) is 0 Å². The van der Waals surface area contributed by atoms with E-state index in [1.807, 2.05) is 18.2 Å². The van der Waals surface area contributed by atoms with Gasteiger partial charge in [0.25, 0.3) is 0 Å². The van der Waals surface area contributed by atoms with Gasteiger partial charge in [0, 0.05) is 35.3 Å². The molecule has 4 rings (SSSR count). The van der Waals surface area contributed by atoms with Crippen molar-refractivity contribution < 1.29 is 4.39 Å². The molecule has 2 N–H and O–H groups in total. The number of pyridine rings is 3. The van der Waals surface area contributed by atoms with Gasteiger partial charge in [-0.3, -0.25) is 9.97 Å². The number of hydrogen-bond donors (Lipinski definition) is 2. The first kappa shape index (κ1) is 13.7. The van der Waals surface area contributed by atoms with Crippen molar-refractivity contribution in [2.45, 2.75) is 0 Å². The van der Waals surface area contributed by atoms with Gasteiger partial charge in [-0.25, -0.2) is 9.37 Å². The normalized spacial score (nSPS) is 11.0. The van der Waals surface area contributed by atoms with Crippen LogP contribution in [-0.4, -0.2) is 24.9 Å². The van der Waals surface area contributed by atoms with Crippen LogP contribution >= 0.6 is 12.2 Å². The van der Waals surface area contributed by atoms with E-state index in [1.54, 1.807) is 24.7 Å². The van der Waals surface area contributed by atoms with Crippen molar-refractivity contribution in [1.29, 1.82) is 0 Å². The quantitative estimate of drug-likeness (QED) is 0.549. The third-order valence-corrected chi connectivity index (χ3v) is 3.70. The van der Waals surface area contributed by atoms with Crippen LogP contribution in [0.15, 0.2) is 49.1 Å². The molecule has 112 valence electrons. The Bertz CT molecular complexity index is 1050. The van der Waals surface area contributed by atoms with Gasteiger partial charge in [-0.1, -0.05) is 0 Å². The topological polar surface area (TPSA) is 70.2 Å². The lowest BCUT2D eigenvalue weighted by Crippen LogP contribution is -1.94. The zero-order valence-electron chi connectivity index (χ0n) is 11.7. The van der Waals surface area contributed by atoms with Crippen LogP contribution in [0.5, 0.6) is 0 Å².